The summed E-state index contributed by atoms with van der Waals surface area (Å²) in [5.41, 5.74) is 0. The Morgan fingerprint density at radius 2 is 2.00 bits per heavy atom. The second-order valence-electron chi connectivity index (χ2n) is 4.61. The van der Waals surface area contributed by atoms with Crippen LogP contribution in [-0.2, 0) is 4.74 Å². The zero-order valence-corrected chi connectivity index (χ0v) is 10.8. The lowest BCUT2D eigenvalue weighted by molar-refractivity contribution is 0.0770. The van der Waals surface area contributed by atoms with E-state index in [2.05, 4.69) is 29.4 Å². The minimum atomic E-state index is 0.362. The van der Waals surface area contributed by atoms with Crippen LogP contribution >= 0.6 is 0 Å². The maximum Gasteiger partial charge on any atom is 0.0518 e. The molecule has 0 aromatic rings. The van der Waals surface area contributed by atoms with Crippen LogP contribution in [-0.4, -0.2) is 63.4 Å². The van der Waals surface area contributed by atoms with Crippen molar-refractivity contribution in [3.05, 3.63) is 0 Å². The molecule has 1 saturated heterocycles. The quantitative estimate of drug-likeness (QED) is 0.587. The predicted octanol–water partition coefficient (Wildman–Crippen LogP) is 0.296. The maximum absolute atomic E-state index is 5.48. The van der Waals surface area contributed by atoms with Crippen molar-refractivity contribution >= 4 is 0 Å². The molecular weight excluding hydrogens is 202 g/mol. The summed E-state index contributed by atoms with van der Waals surface area (Å²) in [5.74, 6) is 0. The highest BCUT2D eigenvalue weighted by molar-refractivity contribution is 4.68. The van der Waals surface area contributed by atoms with Crippen LogP contribution in [0.15, 0.2) is 0 Å². The summed E-state index contributed by atoms with van der Waals surface area (Å²) in [6.07, 6.45) is 1.47. The Morgan fingerprint density at radius 1 is 1.25 bits per heavy atom. The number of nitrogens with zero attached hydrogens (tertiary/aromatic N) is 1. The van der Waals surface area contributed by atoms with E-state index in [-0.39, 0.29) is 0 Å². The van der Waals surface area contributed by atoms with Gasteiger partial charge < -0.3 is 15.4 Å². The Kier molecular flexibility index (Phi) is 7.76. The number of piperazine rings is 1. The first-order valence-electron chi connectivity index (χ1n) is 6.54. The summed E-state index contributed by atoms with van der Waals surface area (Å²) in [6.45, 7) is 13.0. The van der Waals surface area contributed by atoms with E-state index >= 15 is 0 Å². The fraction of sp³-hybridized carbons (Fsp3) is 1.00. The third kappa shape index (κ3) is 7.17. The lowest BCUT2D eigenvalue weighted by Gasteiger charge is -2.27. The fourth-order valence-corrected chi connectivity index (χ4v) is 1.81. The van der Waals surface area contributed by atoms with Gasteiger partial charge in [0.1, 0.15) is 0 Å². The van der Waals surface area contributed by atoms with E-state index in [9.17, 15) is 0 Å². The zero-order valence-electron chi connectivity index (χ0n) is 10.8. The molecule has 4 heteroatoms. The summed E-state index contributed by atoms with van der Waals surface area (Å²) in [7, 11) is 0. The van der Waals surface area contributed by atoms with Crippen molar-refractivity contribution in [1.29, 1.82) is 0 Å². The van der Waals surface area contributed by atoms with E-state index in [1.165, 1.54) is 19.6 Å². The van der Waals surface area contributed by atoms with E-state index in [0.29, 0.717) is 6.10 Å². The highest BCUT2D eigenvalue weighted by atomic mass is 16.5. The average molecular weight is 229 g/mol. The van der Waals surface area contributed by atoms with Crippen molar-refractivity contribution in [1.82, 2.24) is 15.5 Å². The molecule has 2 N–H and O–H groups in total. The Bertz CT molecular complexity index is 158. The lowest BCUT2D eigenvalue weighted by Crippen LogP contribution is -2.45. The van der Waals surface area contributed by atoms with Crippen molar-refractivity contribution in [2.75, 3.05) is 52.4 Å². The SMILES string of the molecule is CC(C)OCCCNCCN1CCNCC1. The second kappa shape index (κ2) is 8.93. The zero-order chi connectivity index (χ0) is 11.6. The summed E-state index contributed by atoms with van der Waals surface area (Å²) in [5, 5.41) is 6.83. The van der Waals surface area contributed by atoms with Crippen LogP contribution in [0, 0.1) is 0 Å². The van der Waals surface area contributed by atoms with Gasteiger partial charge in [0.15, 0.2) is 0 Å². The molecule has 16 heavy (non-hydrogen) atoms. The summed E-state index contributed by atoms with van der Waals surface area (Å²) in [6, 6.07) is 0. The minimum absolute atomic E-state index is 0.362. The van der Waals surface area contributed by atoms with Crippen LogP contribution in [0.4, 0.5) is 0 Å². The van der Waals surface area contributed by atoms with Crippen LogP contribution < -0.4 is 10.6 Å². The van der Waals surface area contributed by atoms with Gasteiger partial charge in [0.2, 0.25) is 0 Å². The number of rotatable bonds is 8. The van der Waals surface area contributed by atoms with Crippen molar-refractivity contribution < 1.29 is 4.74 Å². The highest BCUT2D eigenvalue weighted by Gasteiger charge is 2.07. The highest BCUT2D eigenvalue weighted by Crippen LogP contribution is 1.91. The molecule has 0 aliphatic carbocycles. The molecule has 0 spiro atoms. The van der Waals surface area contributed by atoms with E-state index in [1.807, 2.05) is 0 Å². The summed E-state index contributed by atoms with van der Waals surface area (Å²) < 4.78 is 5.48. The first-order valence-corrected chi connectivity index (χ1v) is 6.54. The minimum Gasteiger partial charge on any atom is -0.379 e. The molecule has 0 aromatic heterocycles. The molecule has 0 aromatic carbocycles. The van der Waals surface area contributed by atoms with Gasteiger partial charge in [0, 0.05) is 45.9 Å². The molecule has 4 nitrogen and oxygen atoms in total. The molecule has 0 amide bonds. The standard InChI is InChI=1S/C12H27N3O/c1-12(2)16-11-3-4-13-5-8-15-9-6-14-7-10-15/h12-14H,3-11H2,1-2H3. The molecule has 1 fully saturated rings. The predicted molar refractivity (Wildman–Crippen MR) is 67.9 cm³/mol. The Hall–Kier alpha value is -0.160. The van der Waals surface area contributed by atoms with E-state index in [1.54, 1.807) is 0 Å². The molecule has 1 aliphatic rings. The van der Waals surface area contributed by atoms with Gasteiger partial charge >= 0.3 is 0 Å². The molecule has 0 unspecified atom stereocenters. The van der Waals surface area contributed by atoms with Gasteiger partial charge in [-0.05, 0) is 26.8 Å². The molecule has 1 rings (SSSR count). The molecule has 0 radical (unpaired) electrons. The van der Waals surface area contributed by atoms with Crippen molar-refractivity contribution in [3.8, 4) is 0 Å². The Balaban J connectivity index is 1.80. The van der Waals surface area contributed by atoms with E-state index in [0.717, 1.165) is 39.2 Å². The van der Waals surface area contributed by atoms with Gasteiger partial charge in [-0.15, -0.1) is 0 Å². The molecule has 96 valence electrons. The molecule has 0 bridgehead atoms. The fourth-order valence-electron chi connectivity index (χ4n) is 1.81. The van der Waals surface area contributed by atoms with Crippen LogP contribution in [0.25, 0.3) is 0 Å². The topological polar surface area (TPSA) is 36.5 Å². The van der Waals surface area contributed by atoms with Crippen molar-refractivity contribution in [3.63, 3.8) is 0 Å². The van der Waals surface area contributed by atoms with Gasteiger partial charge in [-0.3, -0.25) is 4.90 Å². The molecular formula is C12H27N3O. The smallest absolute Gasteiger partial charge is 0.0518 e. The first-order chi connectivity index (χ1) is 7.79. The normalized spacial score (nSPS) is 18.2. The molecule has 0 saturated carbocycles. The third-order valence-electron chi connectivity index (χ3n) is 2.76. The van der Waals surface area contributed by atoms with Crippen molar-refractivity contribution in [2.45, 2.75) is 26.4 Å². The molecule has 0 atom stereocenters. The molecule has 1 aliphatic heterocycles. The Labute approximate surface area is 99.7 Å². The maximum atomic E-state index is 5.48. The third-order valence-corrected chi connectivity index (χ3v) is 2.76. The van der Waals surface area contributed by atoms with Crippen molar-refractivity contribution in [2.24, 2.45) is 0 Å². The summed E-state index contributed by atoms with van der Waals surface area (Å²) in [4.78, 5) is 2.51. The number of hydrogen-bond donors (Lipinski definition) is 2. The Morgan fingerprint density at radius 3 is 2.69 bits per heavy atom. The van der Waals surface area contributed by atoms with Crippen LogP contribution in [0.3, 0.4) is 0 Å². The van der Waals surface area contributed by atoms with Crippen LogP contribution in [0.1, 0.15) is 20.3 Å². The first kappa shape index (κ1) is 13.9. The van der Waals surface area contributed by atoms with Crippen LogP contribution in [0.5, 0.6) is 0 Å². The second-order valence-corrected chi connectivity index (χ2v) is 4.61. The van der Waals surface area contributed by atoms with Gasteiger partial charge in [0.25, 0.3) is 0 Å². The van der Waals surface area contributed by atoms with E-state index in [4.69, 9.17) is 4.74 Å². The number of nitrogens with one attached hydrogen (secondary N) is 2. The molecule has 1 heterocycles. The average Bonchev–Trinajstić information content (AvgIpc) is 2.29. The number of hydrogen-bond acceptors (Lipinski definition) is 4. The van der Waals surface area contributed by atoms with Crippen LogP contribution in [0.2, 0.25) is 0 Å². The van der Waals surface area contributed by atoms with Gasteiger partial charge in [-0.2, -0.15) is 0 Å². The van der Waals surface area contributed by atoms with Gasteiger partial charge in [-0.1, -0.05) is 0 Å². The van der Waals surface area contributed by atoms with E-state index < -0.39 is 0 Å². The largest absolute Gasteiger partial charge is 0.379 e. The number of ether oxygens (including phenoxy) is 1. The summed E-state index contributed by atoms with van der Waals surface area (Å²) >= 11 is 0. The lowest BCUT2D eigenvalue weighted by atomic mass is 10.3. The van der Waals surface area contributed by atoms with Gasteiger partial charge in [0.05, 0.1) is 6.10 Å². The monoisotopic (exact) mass is 229 g/mol. The van der Waals surface area contributed by atoms with Gasteiger partial charge in [-0.25, -0.2) is 0 Å².